The lowest BCUT2D eigenvalue weighted by atomic mass is 10.0. The van der Waals surface area contributed by atoms with Crippen LogP contribution in [0.3, 0.4) is 0 Å². The van der Waals surface area contributed by atoms with Crippen molar-refractivity contribution in [2.75, 3.05) is 18.0 Å². The number of H-pyrrole nitrogens is 1. The Morgan fingerprint density at radius 2 is 1.90 bits per heavy atom. The first-order valence-electron chi connectivity index (χ1n) is 6.82. The number of amides is 1. The molecule has 6 heteroatoms. The van der Waals surface area contributed by atoms with E-state index >= 15 is 0 Å². The van der Waals surface area contributed by atoms with Crippen molar-refractivity contribution in [3.05, 3.63) is 30.0 Å². The molecule has 0 aliphatic carbocycles. The molecule has 1 aromatic heterocycles. The fourth-order valence-electron chi connectivity index (χ4n) is 2.67. The zero-order valence-electron chi connectivity index (χ0n) is 11.2. The lowest BCUT2D eigenvalue weighted by Crippen LogP contribution is -2.29. The van der Waals surface area contributed by atoms with Gasteiger partial charge in [-0.05, 0) is 25.3 Å². The van der Waals surface area contributed by atoms with Crippen molar-refractivity contribution in [3.8, 4) is 11.3 Å². The first-order chi connectivity index (χ1) is 9.77. The molecule has 1 fully saturated rings. The average molecular weight is 271 g/mol. The molecule has 6 nitrogen and oxygen atoms in total. The summed E-state index contributed by atoms with van der Waals surface area (Å²) in [6.07, 6.45) is 3.65. The van der Waals surface area contributed by atoms with Gasteiger partial charge in [0.15, 0.2) is 5.69 Å². The summed E-state index contributed by atoms with van der Waals surface area (Å²) in [5.41, 5.74) is 8.05. The van der Waals surface area contributed by atoms with Crippen LogP contribution in [0.15, 0.2) is 24.3 Å². The fourth-order valence-corrected chi connectivity index (χ4v) is 2.67. The fraction of sp³-hybridized carbons (Fsp3) is 0.357. The Bertz CT molecular complexity index is 616. The molecule has 3 rings (SSSR count). The number of nitrogens with zero attached hydrogens (tertiary/aromatic N) is 3. The third kappa shape index (κ3) is 2.24. The number of piperidine rings is 1. The molecule has 104 valence electrons. The zero-order valence-corrected chi connectivity index (χ0v) is 11.2. The standard InChI is InChI=1S/C14H17N5O/c15-14(20)13-12(16-18-17-13)10-6-2-3-7-11(10)19-8-4-1-5-9-19/h2-3,6-7H,1,4-5,8-9H2,(H2,15,20)(H,16,17,18). The number of carbonyl (C=O) groups is 1. The van der Waals surface area contributed by atoms with Crippen LogP contribution in [0.1, 0.15) is 29.8 Å². The largest absolute Gasteiger partial charge is 0.371 e. The molecule has 0 radical (unpaired) electrons. The minimum Gasteiger partial charge on any atom is -0.371 e. The molecule has 1 aliphatic rings. The van der Waals surface area contributed by atoms with Crippen molar-refractivity contribution in [1.29, 1.82) is 0 Å². The number of hydrogen-bond donors (Lipinski definition) is 2. The van der Waals surface area contributed by atoms with Crippen LogP contribution in [0.25, 0.3) is 11.3 Å². The van der Waals surface area contributed by atoms with Crippen molar-refractivity contribution in [1.82, 2.24) is 15.4 Å². The van der Waals surface area contributed by atoms with E-state index in [0.717, 1.165) is 24.3 Å². The second kappa shape index (κ2) is 5.32. The van der Waals surface area contributed by atoms with Gasteiger partial charge < -0.3 is 10.6 Å². The van der Waals surface area contributed by atoms with Gasteiger partial charge in [-0.15, -0.1) is 0 Å². The molecule has 0 atom stereocenters. The highest BCUT2D eigenvalue weighted by Gasteiger charge is 2.21. The molecule has 2 heterocycles. The molecule has 0 spiro atoms. The average Bonchev–Trinajstić information content (AvgIpc) is 2.98. The van der Waals surface area contributed by atoms with Crippen LogP contribution in [0.4, 0.5) is 5.69 Å². The number of rotatable bonds is 3. The number of para-hydroxylation sites is 1. The summed E-state index contributed by atoms with van der Waals surface area (Å²) in [5.74, 6) is -0.567. The van der Waals surface area contributed by atoms with E-state index < -0.39 is 5.91 Å². The van der Waals surface area contributed by atoms with Gasteiger partial charge in [0, 0.05) is 24.3 Å². The van der Waals surface area contributed by atoms with Crippen LogP contribution in [0, 0.1) is 0 Å². The van der Waals surface area contributed by atoms with E-state index in [0.29, 0.717) is 5.69 Å². The summed E-state index contributed by atoms with van der Waals surface area (Å²) in [5, 5.41) is 10.4. The molecule has 1 aliphatic heterocycles. The van der Waals surface area contributed by atoms with Gasteiger partial charge in [-0.2, -0.15) is 15.4 Å². The van der Waals surface area contributed by atoms with E-state index in [9.17, 15) is 4.79 Å². The van der Waals surface area contributed by atoms with Crippen LogP contribution < -0.4 is 10.6 Å². The van der Waals surface area contributed by atoms with E-state index in [1.54, 1.807) is 0 Å². The van der Waals surface area contributed by atoms with Crippen LogP contribution in [-0.4, -0.2) is 34.4 Å². The number of benzene rings is 1. The van der Waals surface area contributed by atoms with Crippen molar-refractivity contribution in [3.63, 3.8) is 0 Å². The summed E-state index contributed by atoms with van der Waals surface area (Å²) >= 11 is 0. The number of aromatic nitrogens is 3. The highest BCUT2D eigenvalue weighted by atomic mass is 16.1. The molecule has 20 heavy (non-hydrogen) atoms. The van der Waals surface area contributed by atoms with Gasteiger partial charge in [0.2, 0.25) is 0 Å². The Balaban J connectivity index is 2.05. The molecule has 2 aromatic rings. The molecule has 0 bridgehead atoms. The number of nitrogens with one attached hydrogen (secondary N) is 1. The molecule has 1 saturated heterocycles. The zero-order chi connectivity index (χ0) is 13.9. The summed E-state index contributed by atoms with van der Waals surface area (Å²) in [7, 11) is 0. The highest BCUT2D eigenvalue weighted by molar-refractivity contribution is 5.98. The van der Waals surface area contributed by atoms with Crippen molar-refractivity contribution < 1.29 is 4.79 Å². The van der Waals surface area contributed by atoms with E-state index in [4.69, 9.17) is 5.73 Å². The first-order valence-corrected chi connectivity index (χ1v) is 6.82. The summed E-state index contributed by atoms with van der Waals surface area (Å²) in [4.78, 5) is 13.8. The lowest BCUT2D eigenvalue weighted by Gasteiger charge is -2.30. The van der Waals surface area contributed by atoms with E-state index in [-0.39, 0.29) is 5.69 Å². The topological polar surface area (TPSA) is 87.9 Å². The first kappa shape index (κ1) is 12.7. The third-order valence-electron chi connectivity index (χ3n) is 3.64. The molecule has 3 N–H and O–H groups in total. The molecular formula is C14H17N5O. The Hall–Kier alpha value is -2.37. The van der Waals surface area contributed by atoms with Crippen LogP contribution in [0.2, 0.25) is 0 Å². The van der Waals surface area contributed by atoms with Gasteiger partial charge in [-0.3, -0.25) is 4.79 Å². The quantitative estimate of drug-likeness (QED) is 0.886. The van der Waals surface area contributed by atoms with Gasteiger partial charge in [0.1, 0.15) is 5.69 Å². The SMILES string of the molecule is NC(=O)c1n[nH]nc1-c1ccccc1N1CCCCC1. The van der Waals surface area contributed by atoms with Crippen molar-refractivity contribution >= 4 is 11.6 Å². The van der Waals surface area contributed by atoms with Crippen LogP contribution >= 0.6 is 0 Å². The van der Waals surface area contributed by atoms with Gasteiger partial charge in [-0.1, -0.05) is 18.2 Å². The molecule has 1 aromatic carbocycles. The van der Waals surface area contributed by atoms with Gasteiger partial charge in [-0.25, -0.2) is 0 Å². The Labute approximate surface area is 117 Å². The molecule has 0 unspecified atom stereocenters. The lowest BCUT2D eigenvalue weighted by molar-refractivity contribution is 0.0996. The van der Waals surface area contributed by atoms with Crippen molar-refractivity contribution in [2.24, 2.45) is 5.73 Å². The Kier molecular flexibility index (Phi) is 3.37. The number of primary amides is 1. The molecule has 1 amide bonds. The van der Waals surface area contributed by atoms with Crippen LogP contribution in [-0.2, 0) is 0 Å². The molecular weight excluding hydrogens is 254 g/mol. The summed E-state index contributed by atoms with van der Waals surface area (Å²) in [6, 6.07) is 7.94. The smallest absolute Gasteiger partial charge is 0.271 e. The van der Waals surface area contributed by atoms with E-state index in [2.05, 4.69) is 26.4 Å². The Morgan fingerprint density at radius 3 is 2.65 bits per heavy atom. The van der Waals surface area contributed by atoms with E-state index in [1.807, 2.05) is 18.2 Å². The van der Waals surface area contributed by atoms with Crippen molar-refractivity contribution in [2.45, 2.75) is 19.3 Å². The number of nitrogens with two attached hydrogens (primary N) is 1. The summed E-state index contributed by atoms with van der Waals surface area (Å²) in [6.45, 7) is 2.06. The number of carbonyl (C=O) groups excluding carboxylic acids is 1. The molecule has 0 saturated carbocycles. The highest BCUT2D eigenvalue weighted by Crippen LogP contribution is 2.32. The predicted octanol–water partition coefficient (Wildman–Crippen LogP) is 1.56. The number of aromatic amines is 1. The third-order valence-corrected chi connectivity index (χ3v) is 3.64. The normalized spacial score (nSPS) is 15.3. The number of hydrogen-bond acceptors (Lipinski definition) is 4. The van der Waals surface area contributed by atoms with E-state index in [1.165, 1.54) is 19.3 Å². The predicted molar refractivity (Wildman–Crippen MR) is 76.4 cm³/mol. The van der Waals surface area contributed by atoms with Gasteiger partial charge in [0.25, 0.3) is 5.91 Å². The maximum atomic E-state index is 11.4. The minimum atomic E-state index is -0.567. The second-order valence-electron chi connectivity index (χ2n) is 4.95. The second-order valence-corrected chi connectivity index (χ2v) is 4.95. The number of anilines is 1. The maximum Gasteiger partial charge on any atom is 0.271 e. The maximum absolute atomic E-state index is 11.4. The van der Waals surface area contributed by atoms with Gasteiger partial charge in [0.05, 0.1) is 0 Å². The summed E-state index contributed by atoms with van der Waals surface area (Å²) < 4.78 is 0. The van der Waals surface area contributed by atoms with Gasteiger partial charge >= 0.3 is 0 Å². The Morgan fingerprint density at radius 1 is 1.15 bits per heavy atom. The van der Waals surface area contributed by atoms with Crippen LogP contribution in [0.5, 0.6) is 0 Å². The monoisotopic (exact) mass is 271 g/mol. The minimum absolute atomic E-state index is 0.189.